The molecule has 22 heavy (non-hydrogen) atoms. The molecule has 1 rings (SSSR count). The minimum Gasteiger partial charge on any atom is -0.481 e. The van der Waals surface area contributed by atoms with E-state index in [1.54, 1.807) is 37.5 Å². The normalized spacial score (nSPS) is 11.8. The second kappa shape index (κ2) is 9.75. The Morgan fingerprint density at radius 3 is 2.73 bits per heavy atom. The van der Waals surface area contributed by atoms with Crippen molar-refractivity contribution in [3.8, 4) is 5.88 Å². The first-order valence-electron chi connectivity index (χ1n) is 7.10. The first kappa shape index (κ1) is 17.9. The standard InChI is InChI=1S/C15H25N5O2/c1-19(10-4-8-16)15(20(2)12-21)17-9-7-13-5-6-14(22-3)18-11-13/h5-7,9,11,21H,4,8,10,12,16H2,1-3H3/b9-7+,17-15?. The lowest BCUT2D eigenvalue weighted by molar-refractivity contribution is 0.178. The Morgan fingerprint density at radius 1 is 1.41 bits per heavy atom. The Labute approximate surface area is 131 Å². The molecule has 0 saturated heterocycles. The van der Waals surface area contributed by atoms with Crippen LogP contribution in [0.2, 0.25) is 0 Å². The Morgan fingerprint density at radius 2 is 2.18 bits per heavy atom. The molecular formula is C15H25N5O2. The molecule has 0 atom stereocenters. The summed E-state index contributed by atoms with van der Waals surface area (Å²) in [5, 5.41) is 9.30. The summed E-state index contributed by atoms with van der Waals surface area (Å²) in [5.74, 6) is 1.25. The summed E-state index contributed by atoms with van der Waals surface area (Å²) in [6, 6.07) is 3.68. The van der Waals surface area contributed by atoms with E-state index in [4.69, 9.17) is 10.5 Å². The predicted octanol–water partition coefficient (Wildman–Crippen LogP) is 0.579. The molecule has 1 heterocycles. The van der Waals surface area contributed by atoms with E-state index in [1.165, 1.54) is 0 Å². The van der Waals surface area contributed by atoms with Gasteiger partial charge >= 0.3 is 0 Å². The number of nitrogens with two attached hydrogens (primary N) is 1. The minimum atomic E-state index is -0.107. The average Bonchev–Trinajstić information content (AvgIpc) is 2.56. The third-order valence-corrected chi connectivity index (χ3v) is 3.02. The van der Waals surface area contributed by atoms with E-state index in [9.17, 15) is 5.11 Å². The van der Waals surface area contributed by atoms with Gasteiger partial charge in [-0.2, -0.15) is 0 Å². The molecule has 7 nitrogen and oxygen atoms in total. The van der Waals surface area contributed by atoms with Crippen molar-refractivity contribution in [3.63, 3.8) is 0 Å². The van der Waals surface area contributed by atoms with Gasteiger partial charge in [0.1, 0.15) is 6.73 Å². The van der Waals surface area contributed by atoms with E-state index in [-0.39, 0.29) is 6.73 Å². The fraction of sp³-hybridized carbons (Fsp3) is 0.467. The van der Waals surface area contributed by atoms with Gasteiger partial charge in [0.05, 0.1) is 7.11 Å². The highest BCUT2D eigenvalue weighted by atomic mass is 16.5. The molecule has 0 aromatic carbocycles. The largest absolute Gasteiger partial charge is 0.481 e. The maximum atomic E-state index is 9.30. The van der Waals surface area contributed by atoms with Crippen molar-refractivity contribution in [2.24, 2.45) is 10.7 Å². The number of ether oxygens (including phenoxy) is 1. The number of pyridine rings is 1. The number of hydrogen-bond donors (Lipinski definition) is 2. The van der Waals surface area contributed by atoms with Crippen LogP contribution in [0, 0.1) is 0 Å². The first-order valence-corrected chi connectivity index (χ1v) is 7.10. The molecule has 0 aliphatic heterocycles. The molecule has 3 N–H and O–H groups in total. The zero-order valence-electron chi connectivity index (χ0n) is 13.4. The number of aliphatic hydroxyl groups excluding tert-OH is 1. The smallest absolute Gasteiger partial charge is 0.212 e. The van der Waals surface area contributed by atoms with Crippen molar-refractivity contribution < 1.29 is 9.84 Å². The number of aliphatic hydroxyl groups is 1. The monoisotopic (exact) mass is 307 g/mol. The van der Waals surface area contributed by atoms with E-state index < -0.39 is 0 Å². The fourth-order valence-corrected chi connectivity index (χ4v) is 1.78. The van der Waals surface area contributed by atoms with Crippen molar-refractivity contribution in [2.75, 3.05) is 41.0 Å². The van der Waals surface area contributed by atoms with Gasteiger partial charge in [0.25, 0.3) is 0 Å². The van der Waals surface area contributed by atoms with Crippen LogP contribution < -0.4 is 10.5 Å². The summed E-state index contributed by atoms with van der Waals surface area (Å²) in [6.07, 6.45) is 6.09. The summed E-state index contributed by atoms with van der Waals surface area (Å²) in [4.78, 5) is 12.2. The summed E-state index contributed by atoms with van der Waals surface area (Å²) in [5.41, 5.74) is 6.44. The number of nitrogens with zero attached hydrogens (tertiary/aromatic N) is 4. The fourth-order valence-electron chi connectivity index (χ4n) is 1.78. The molecule has 0 amide bonds. The van der Waals surface area contributed by atoms with Crippen LogP contribution in [0.15, 0.2) is 29.5 Å². The van der Waals surface area contributed by atoms with Crippen LogP contribution in [0.1, 0.15) is 12.0 Å². The summed E-state index contributed by atoms with van der Waals surface area (Å²) in [7, 11) is 5.28. The second-order valence-electron chi connectivity index (χ2n) is 4.78. The van der Waals surface area contributed by atoms with Gasteiger partial charge in [0.15, 0.2) is 0 Å². The lowest BCUT2D eigenvalue weighted by atomic mass is 10.3. The minimum absolute atomic E-state index is 0.107. The van der Waals surface area contributed by atoms with E-state index in [1.807, 2.05) is 24.1 Å². The summed E-state index contributed by atoms with van der Waals surface area (Å²) >= 11 is 0. The van der Waals surface area contributed by atoms with Crippen LogP contribution in [-0.4, -0.2) is 66.9 Å². The third-order valence-electron chi connectivity index (χ3n) is 3.02. The lowest BCUT2D eigenvalue weighted by Crippen LogP contribution is -2.41. The molecular weight excluding hydrogens is 282 g/mol. The van der Waals surface area contributed by atoms with Gasteiger partial charge in [0.2, 0.25) is 11.8 Å². The Hall–Kier alpha value is -2.12. The van der Waals surface area contributed by atoms with Crippen LogP contribution >= 0.6 is 0 Å². The number of methoxy groups -OCH3 is 1. The van der Waals surface area contributed by atoms with Crippen LogP contribution in [0.3, 0.4) is 0 Å². The molecule has 7 heteroatoms. The SMILES string of the molecule is COc1ccc(/C=C/N=C(N(C)CO)N(C)CCCN)cn1. The number of aromatic nitrogens is 1. The molecule has 0 radical (unpaired) electrons. The van der Waals surface area contributed by atoms with Gasteiger partial charge < -0.3 is 25.4 Å². The maximum Gasteiger partial charge on any atom is 0.212 e. The topological polar surface area (TPSA) is 87.2 Å². The van der Waals surface area contributed by atoms with Crippen molar-refractivity contribution in [1.82, 2.24) is 14.8 Å². The van der Waals surface area contributed by atoms with E-state index in [0.29, 0.717) is 18.4 Å². The van der Waals surface area contributed by atoms with E-state index >= 15 is 0 Å². The molecule has 0 bridgehead atoms. The van der Waals surface area contributed by atoms with Crippen LogP contribution in [0.4, 0.5) is 0 Å². The Balaban J connectivity index is 2.79. The number of rotatable bonds is 7. The Bertz CT molecular complexity index is 487. The van der Waals surface area contributed by atoms with Crippen LogP contribution in [-0.2, 0) is 0 Å². The molecule has 0 unspecified atom stereocenters. The molecule has 1 aromatic rings. The zero-order chi connectivity index (χ0) is 16.4. The highest BCUT2D eigenvalue weighted by Gasteiger charge is 2.09. The molecule has 0 spiro atoms. The van der Waals surface area contributed by atoms with Crippen LogP contribution in [0.25, 0.3) is 6.08 Å². The molecule has 122 valence electrons. The van der Waals surface area contributed by atoms with Crippen molar-refractivity contribution in [2.45, 2.75) is 6.42 Å². The number of hydrogen-bond acceptors (Lipinski definition) is 5. The molecule has 0 aliphatic carbocycles. The van der Waals surface area contributed by atoms with Gasteiger partial charge in [-0.15, -0.1) is 0 Å². The average molecular weight is 307 g/mol. The number of guanidine groups is 1. The molecule has 0 fully saturated rings. The molecule has 0 aliphatic rings. The first-order chi connectivity index (χ1) is 10.6. The van der Waals surface area contributed by atoms with Gasteiger partial charge in [-0.1, -0.05) is 0 Å². The van der Waals surface area contributed by atoms with Gasteiger partial charge in [-0.05, 0) is 30.7 Å². The van der Waals surface area contributed by atoms with Gasteiger partial charge in [-0.3, -0.25) is 0 Å². The lowest BCUT2D eigenvalue weighted by Gasteiger charge is -2.27. The van der Waals surface area contributed by atoms with Gasteiger partial charge in [-0.25, -0.2) is 9.98 Å². The van der Waals surface area contributed by atoms with E-state index in [0.717, 1.165) is 18.5 Å². The quantitative estimate of drug-likeness (QED) is 0.435. The molecule has 0 saturated carbocycles. The summed E-state index contributed by atoms with van der Waals surface area (Å²) < 4.78 is 5.01. The van der Waals surface area contributed by atoms with Gasteiger partial charge in [0, 0.05) is 39.1 Å². The third kappa shape index (κ3) is 5.71. The van der Waals surface area contributed by atoms with Crippen molar-refractivity contribution in [3.05, 3.63) is 30.1 Å². The van der Waals surface area contributed by atoms with Crippen molar-refractivity contribution in [1.29, 1.82) is 0 Å². The highest BCUT2D eigenvalue weighted by Crippen LogP contribution is 2.08. The number of aliphatic imine (C=N–C) groups is 1. The van der Waals surface area contributed by atoms with Crippen LogP contribution in [0.5, 0.6) is 5.88 Å². The second-order valence-corrected chi connectivity index (χ2v) is 4.78. The molecule has 1 aromatic heterocycles. The summed E-state index contributed by atoms with van der Waals surface area (Å²) in [6.45, 7) is 1.29. The van der Waals surface area contributed by atoms with Crippen molar-refractivity contribution >= 4 is 12.0 Å². The highest BCUT2D eigenvalue weighted by molar-refractivity contribution is 5.80. The van der Waals surface area contributed by atoms with E-state index in [2.05, 4.69) is 9.98 Å². The zero-order valence-corrected chi connectivity index (χ0v) is 13.4. The maximum absolute atomic E-state index is 9.30. The predicted molar refractivity (Wildman–Crippen MR) is 88.4 cm³/mol. The Kier molecular flexibility index (Phi) is 7.95.